The maximum Gasteiger partial charge on any atom is 0.232 e. The molecular formula is C21H14FN3O3S2. The maximum atomic E-state index is 13.1. The molecule has 0 fully saturated rings. The average Bonchev–Trinajstić information content (AvgIpc) is 3.48. The third-order valence-electron chi connectivity index (χ3n) is 4.40. The summed E-state index contributed by atoms with van der Waals surface area (Å²) in [5, 5.41) is 7.79. The first-order valence-electron chi connectivity index (χ1n) is 9.00. The molecule has 1 aliphatic heterocycles. The molecule has 30 heavy (non-hydrogen) atoms. The lowest BCUT2D eigenvalue weighted by Gasteiger charge is -2.01. The van der Waals surface area contributed by atoms with Crippen molar-refractivity contribution in [3.63, 3.8) is 0 Å². The van der Waals surface area contributed by atoms with Gasteiger partial charge >= 0.3 is 0 Å². The van der Waals surface area contributed by atoms with Crippen molar-refractivity contribution in [1.82, 2.24) is 9.97 Å². The first kappa shape index (κ1) is 18.7. The number of fused-ring (bicyclic) bond motifs is 1. The van der Waals surface area contributed by atoms with Gasteiger partial charge in [-0.3, -0.25) is 4.79 Å². The van der Waals surface area contributed by atoms with E-state index in [9.17, 15) is 9.18 Å². The van der Waals surface area contributed by atoms with E-state index in [1.165, 1.54) is 34.8 Å². The Morgan fingerprint density at radius 2 is 1.80 bits per heavy atom. The van der Waals surface area contributed by atoms with E-state index in [0.29, 0.717) is 22.3 Å². The fourth-order valence-corrected chi connectivity index (χ4v) is 4.52. The molecule has 9 heteroatoms. The summed E-state index contributed by atoms with van der Waals surface area (Å²) in [5.41, 5.74) is 3.12. The molecule has 0 saturated heterocycles. The predicted octanol–water partition coefficient (Wildman–Crippen LogP) is 4.98. The molecule has 0 bridgehead atoms. The SMILES string of the molecule is O=C(Cc1csc(-c2ccc(F)cc2)n1)Nc1nc(-c2ccc3c(c2)OCO3)cs1. The van der Waals surface area contributed by atoms with Gasteiger partial charge in [0.15, 0.2) is 16.6 Å². The number of rotatable bonds is 5. The molecule has 1 N–H and O–H groups in total. The first-order chi connectivity index (χ1) is 14.6. The van der Waals surface area contributed by atoms with Crippen LogP contribution in [-0.2, 0) is 11.2 Å². The summed E-state index contributed by atoms with van der Waals surface area (Å²) in [7, 11) is 0. The van der Waals surface area contributed by atoms with Crippen LogP contribution in [0.4, 0.5) is 9.52 Å². The largest absolute Gasteiger partial charge is 0.454 e. The molecule has 0 atom stereocenters. The van der Waals surface area contributed by atoms with Crippen molar-refractivity contribution < 1.29 is 18.7 Å². The Morgan fingerprint density at radius 1 is 1.00 bits per heavy atom. The van der Waals surface area contributed by atoms with Crippen molar-refractivity contribution in [3.05, 3.63) is 64.7 Å². The van der Waals surface area contributed by atoms with Gasteiger partial charge in [-0.05, 0) is 42.5 Å². The third kappa shape index (κ3) is 3.89. The molecule has 5 rings (SSSR count). The number of halogens is 1. The molecule has 1 aliphatic rings. The van der Waals surface area contributed by atoms with E-state index in [4.69, 9.17) is 9.47 Å². The number of anilines is 1. The van der Waals surface area contributed by atoms with Gasteiger partial charge in [-0.1, -0.05) is 0 Å². The van der Waals surface area contributed by atoms with E-state index in [1.54, 1.807) is 12.1 Å². The first-order valence-corrected chi connectivity index (χ1v) is 10.8. The monoisotopic (exact) mass is 439 g/mol. The summed E-state index contributed by atoms with van der Waals surface area (Å²) >= 11 is 2.77. The fraction of sp³-hybridized carbons (Fsp3) is 0.0952. The van der Waals surface area contributed by atoms with E-state index < -0.39 is 0 Å². The van der Waals surface area contributed by atoms with Gasteiger partial charge in [-0.2, -0.15) is 0 Å². The van der Waals surface area contributed by atoms with Crippen LogP contribution in [0.25, 0.3) is 21.8 Å². The third-order valence-corrected chi connectivity index (χ3v) is 6.10. The van der Waals surface area contributed by atoms with Crippen LogP contribution >= 0.6 is 22.7 Å². The summed E-state index contributed by atoms with van der Waals surface area (Å²) in [6, 6.07) is 11.7. The van der Waals surface area contributed by atoms with Crippen LogP contribution in [0, 0.1) is 5.82 Å². The molecule has 2 aromatic carbocycles. The van der Waals surface area contributed by atoms with Crippen LogP contribution in [0.5, 0.6) is 11.5 Å². The van der Waals surface area contributed by atoms with E-state index in [2.05, 4.69) is 15.3 Å². The average molecular weight is 439 g/mol. The minimum Gasteiger partial charge on any atom is -0.454 e. The number of carbonyl (C=O) groups is 1. The van der Waals surface area contributed by atoms with Gasteiger partial charge in [0, 0.05) is 21.9 Å². The molecule has 0 unspecified atom stereocenters. The molecule has 2 aromatic heterocycles. The van der Waals surface area contributed by atoms with E-state index in [-0.39, 0.29) is 24.9 Å². The second kappa shape index (κ2) is 7.85. The number of hydrogen-bond donors (Lipinski definition) is 1. The maximum absolute atomic E-state index is 13.1. The fourth-order valence-electron chi connectivity index (χ4n) is 2.96. The van der Waals surface area contributed by atoms with Crippen LogP contribution in [-0.4, -0.2) is 22.7 Å². The molecule has 150 valence electrons. The zero-order valence-electron chi connectivity index (χ0n) is 15.4. The zero-order valence-corrected chi connectivity index (χ0v) is 17.1. The highest BCUT2D eigenvalue weighted by Gasteiger charge is 2.16. The highest BCUT2D eigenvalue weighted by molar-refractivity contribution is 7.14. The molecule has 0 radical (unpaired) electrons. The molecule has 4 aromatic rings. The summed E-state index contributed by atoms with van der Waals surface area (Å²) < 4.78 is 23.8. The van der Waals surface area contributed by atoms with Crippen LogP contribution < -0.4 is 14.8 Å². The molecule has 0 saturated carbocycles. The Balaban J connectivity index is 1.24. The van der Waals surface area contributed by atoms with Crippen molar-refractivity contribution in [2.24, 2.45) is 0 Å². The topological polar surface area (TPSA) is 73.3 Å². The number of hydrogen-bond acceptors (Lipinski definition) is 7. The number of ether oxygens (including phenoxy) is 2. The molecular weight excluding hydrogens is 425 g/mol. The lowest BCUT2D eigenvalue weighted by molar-refractivity contribution is -0.115. The molecule has 6 nitrogen and oxygen atoms in total. The molecule has 3 heterocycles. The Hall–Kier alpha value is -3.30. The Kier molecular flexibility index (Phi) is 4.89. The summed E-state index contributed by atoms with van der Waals surface area (Å²) in [6.07, 6.45) is 0.136. The van der Waals surface area contributed by atoms with Crippen LogP contribution in [0.3, 0.4) is 0 Å². The number of amides is 1. The van der Waals surface area contributed by atoms with Gasteiger partial charge in [0.1, 0.15) is 10.8 Å². The lowest BCUT2D eigenvalue weighted by Crippen LogP contribution is -2.14. The van der Waals surface area contributed by atoms with E-state index in [1.807, 2.05) is 29.0 Å². The summed E-state index contributed by atoms with van der Waals surface area (Å²) in [4.78, 5) is 21.4. The zero-order chi connectivity index (χ0) is 20.5. The van der Waals surface area contributed by atoms with Crippen molar-refractivity contribution in [1.29, 1.82) is 0 Å². The van der Waals surface area contributed by atoms with E-state index in [0.717, 1.165) is 21.8 Å². The number of nitrogens with one attached hydrogen (secondary N) is 1. The van der Waals surface area contributed by atoms with Gasteiger partial charge < -0.3 is 14.8 Å². The predicted molar refractivity (Wildman–Crippen MR) is 114 cm³/mol. The summed E-state index contributed by atoms with van der Waals surface area (Å²) in [5.74, 6) is 0.911. The second-order valence-corrected chi connectivity index (χ2v) is 8.20. The van der Waals surface area contributed by atoms with Crippen LogP contribution in [0.2, 0.25) is 0 Å². The number of benzene rings is 2. The summed E-state index contributed by atoms with van der Waals surface area (Å²) in [6.45, 7) is 0.219. The van der Waals surface area contributed by atoms with Gasteiger partial charge in [0.2, 0.25) is 12.7 Å². The Labute approximate surface area is 179 Å². The van der Waals surface area contributed by atoms with Crippen molar-refractivity contribution >= 4 is 33.7 Å². The second-order valence-electron chi connectivity index (χ2n) is 6.48. The molecule has 1 amide bonds. The normalized spacial score (nSPS) is 12.2. The smallest absolute Gasteiger partial charge is 0.232 e. The van der Waals surface area contributed by atoms with Crippen LogP contribution in [0.1, 0.15) is 5.69 Å². The van der Waals surface area contributed by atoms with Gasteiger partial charge in [-0.25, -0.2) is 14.4 Å². The standard InChI is InChI=1S/C21H14FN3O3S2/c22-14-4-1-12(2-5-14)20-23-15(9-29-20)8-19(26)25-21-24-16(10-30-21)13-3-6-17-18(7-13)28-11-27-17/h1-7,9-10H,8,11H2,(H,24,25,26). The van der Waals surface area contributed by atoms with E-state index >= 15 is 0 Å². The van der Waals surface area contributed by atoms with Gasteiger partial charge in [0.25, 0.3) is 0 Å². The van der Waals surface area contributed by atoms with Crippen molar-refractivity contribution in [2.75, 3.05) is 12.1 Å². The number of thiazole rings is 2. The number of carbonyl (C=O) groups excluding carboxylic acids is 1. The number of nitrogens with zero attached hydrogens (tertiary/aromatic N) is 2. The quantitative estimate of drug-likeness (QED) is 0.475. The van der Waals surface area contributed by atoms with Gasteiger partial charge in [0.05, 0.1) is 17.8 Å². The highest BCUT2D eigenvalue weighted by Crippen LogP contribution is 2.36. The Bertz CT molecular complexity index is 1220. The van der Waals surface area contributed by atoms with Crippen molar-refractivity contribution in [2.45, 2.75) is 6.42 Å². The number of aromatic nitrogens is 2. The molecule has 0 spiro atoms. The lowest BCUT2D eigenvalue weighted by atomic mass is 10.1. The van der Waals surface area contributed by atoms with Crippen molar-refractivity contribution in [3.8, 4) is 33.3 Å². The van der Waals surface area contributed by atoms with Crippen LogP contribution in [0.15, 0.2) is 53.2 Å². The van der Waals surface area contributed by atoms with Gasteiger partial charge in [-0.15, -0.1) is 22.7 Å². The molecule has 0 aliphatic carbocycles. The highest BCUT2D eigenvalue weighted by atomic mass is 32.1. The minimum absolute atomic E-state index is 0.136. The minimum atomic E-state index is -0.293. The Morgan fingerprint density at radius 3 is 2.67 bits per heavy atom.